The van der Waals surface area contributed by atoms with Crippen LogP contribution < -0.4 is 5.32 Å². The summed E-state index contributed by atoms with van der Waals surface area (Å²) >= 11 is 0. The van der Waals surface area contributed by atoms with Crippen molar-refractivity contribution in [3.63, 3.8) is 0 Å². The minimum absolute atomic E-state index is 0.00162. The van der Waals surface area contributed by atoms with E-state index in [1.165, 1.54) is 0 Å². The van der Waals surface area contributed by atoms with Crippen molar-refractivity contribution in [2.45, 2.75) is 32.9 Å². The van der Waals surface area contributed by atoms with Gasteiger partial charge in [-0.1, -0.05) is 30.3 Å². The lowest BCUT2D eigenvalue weighted by atomic mass is 10.1. The summed E-state index contributed by atoms with van der Waals surface area (Å²) in [6.45, 7) is 4.88. The third-order valence-electron chi connectivity index (χ3n) is 3.13. The van der Waals surface area contributed by atoms with Crippen molar-refractivity contribution >= 4 is 23.8 Å². The van der Waals surface area contributed by atoms with Crippen LogP contribution in [0.2, 0.25) is 0 Å². The average Bonchev–Trinajstić information content (AvgIpc) is 2.64. The molecule has 0 radical (unpaired) electrons. The van der Waals surface area contributed by atoms with Crippen molar-refractivity contribution in [2.75, 3.05) is 6.54 Å². The van der Waals surface area contributed by atoms with Gasteiger partial charge in [-0.3, -0.25) is 19.3 Å². The third kappa shape index (κ3) is 3.94. The zero-order valence-corrected chi connectivity index (χ0v) is 13.3. The van der Waals surface area contributed by atoms with Gasteiger partial charge in [-0.25, -0.2) is 9.69 Å². The maximum absolute atomic E-state index is 12.3. The summed E-state index contributed by atoms with van der Waals surface area (Å²) in [5, 5.41) is 2.65. The molecule has 0 saturated carbocycles. The normalized spacial score (nSPS) is 15.3. The van der Waals surface area contributed by atoms with E-state index in [2.05, 4.69) is 5.32 Å². The Balaban J connectivity index is 2.09. The number of carbonyl (C=O) groups excluding carboxylic acids is 4. The SMILES string of the molecule is CC(C)(C)NC(=O)CN1C(=O)C(=O)N(Cc2ccccc2)C1=O. The fourth-order valence-corrected chi connectivity index (χ4v) is 2.20. The number of imide groups is 2. The molecule has 7 heteroatoms. The molecule has 0 bridgehead atoms. The molecule has 23 heavy (non-hydrogen) atoms. The molecule has 0 aliphatic carbocycles. The minimum Gasteiger partial charge on any atom is -0.350 e. The van der Waals surface area contributed by atoms with Crippen molar-refractivity contribution in [1.82, 2.24) is 15.1 Å². The maximum Gasteiger partial charge on any atom is 0.335 e. The molecule has 7 nitrogen and oxygen atoms in total. The van der Waals surface area contributed by atoms with E-state index in [4.69, 9.17) is 0 Å². The van der Waals surface area contributed by atoms with Crippen molar-refractivity contribution in [1.29, 1.82) is 0 Å². The monoisotopic (exact) mass is 317 g/mol. The molecule has 1 aromatic carbocycles. The van der Waals surface area contributed by atoms with Gasteiger partial charge < -0.3 is 5.32 Å². The second-order valence-electron chi connectivity index (χ2n) is 6.35. The van der Waals surface area contributed by atoms with Gasteiger partial charge in [-0.2, -0.15) is 0 Å². The van der Waals surface area contributed by atoms with Crippen LogP contribution in [-0.4, -0.2) is 45.6 Å². The summed E-state index contributed by atoms with van der Waals surface area (Å²) in [5.74, 6) is -2.38. The summed E-state index contributed by atoms with van der Waals surface area (Å²) < 4.78 is 0. The molecule has 0 atom stereocenters. The van der Waals surface area contributed by atoms with Crippen LogP contribution in [0.15, 0.2) is 30.3 Å². The van der Waals surface area contributed by atoms with Crippen LogP contribution >= 0.6 is 0 Å². The Morgan fingerprint density at radius 2 is 1.57 bits per heavy atom. The second-order valence-corrected chi connectivity index (χ2v) is 6.35. The summed E-state index contributed by atoms with van der Waals surface area (Å²) in [4.78, 5) is 49.6. The molecule has 0 aromatic heterocycles. The first-order chi connectivity index (χ1) is 10.7. The number of carbonyl (C=O) groups is 4. The molecule has 1 aliphatic heterocycles. The molecule has 5 amide bonds. The van der Waals surface area contributed by atoms with E-state index in [9.17, 15) is 19.2 Å². The Labute approximate surface area is 134 Å². The Morgan fingerprint density at radius 3 is 2.13 bits per heavy atom. The van der Waals surface area contributed by atoms with Gasteiger partial charge in [-0.05, 0) is 26.3 Å². The van der Waals surface area contributed by atoms with Gasteiger partial charge in [-0.15, -0.1) is 0 Å². The number of hydrogen-bond donors (Lipinski definition) is 1. The highest BCUT2D eigenvalue weighted by molar-refractivity contribution is 6.44. The van der Waals surface area contributed by atoms with E-state index in [-0.39, 0.29) is 6.54 Å². The number of urea groups is 1. The van der Waals surface area contributed by atoms with E-state index < -0.39 is 35.8 Å². The first-order valence-electron chi connectivity index (χ1n) is 7.21. The van der Waals surface area contributed by atoms with Gasteiger partial charge in [0.1, 0.15) is 6.54 Å². The molecule has 1 aromatic rings. The highest BCUT2D eigenvalue weighted by Crippen LogP contribution is 2.15. The van der Waals surface area contributed by atoms with Crippen molar-refractivity contribution in [3.8, 4) is 0 Å². The molecule has 0 unspecified atom stereocenters. The molecule has 1 aliphatic rings. The summed E-state index contributed by atoms with van der Waals surface area (Å²) in [7, 11) is 0. The quantitative estimate of drug-likeness (QED) is 0.660. The molecule has 2 rings (SSSR count). The zero-order valence-electron chi connectivity index (χ0n) is 13.3. The highest BCUT2D eigenvalue weighted by atomic mass is 16.2. The number of nitrogens with one attached hydrogen (secondary N) is 1. The molecule has 122 valence electrons. The van der Waals surface area contributed by atoms with Gasteiger partial charge in [0, 0.05) is 5.54 Å². The Hall–Kier alpha value is -2.70. The molecular formula is C16H19N3O4. The van der Waals surface area contributed by atoms with Crippen LogP contribution in [0.1, 0.15) is 26.3 Å². The third-order valence-corrected chi connectivity index (χ3v) is 3.13. The topological polar surface area (TPSA) is 86.8 Å². The van der Waals surface area contributed by atoms with Gasteiger partial charge in [0.2, 0.25) is 5.91 Å². The van der Waals surface area contributed by atoms with E-state index in [1.54, 1.807) is 45.0 Å². The summed E-state index contributed by atoms with van der Waals surface area (Å²) in [5.41, 5.74) is 0.236. The molecule has 1 saturated heterocycles. The number of benzene rings is 1. The number of rotatable bonds is 4. The zero-order chi connectivity index (χ0) is 17.2. The van der Waals surface area contributed by atoms with E-state index >= 15 is 0 Å². The van der Waals surface area contributed by atoms with Crippen molar-refractivity contribution in [3.05, 3.63) is 35.9 Å². The van der Waals surface area contributed by atoms with E-state index in [1.807, 2.05) is 6.07 Å². The Kier molecular flexibility index (Phi) is 4.49. The molecule has 1 N–H and O–H groups in total. The lowest BCUT2D eigenvalue weighted by molar-refractivity contribution is -0.144. The second kappa shape index (κ2) is 6.20. The maximum atomic E-state index is 12.3. The first kappa shape index (κ1) is 16.7. The first-order valence-corrected chi connectivity index (χ1v) is 7.21. The van der Waals surface area contributed by atoms with Crippen LogP contribution in [0.4, 0.5) is 4.79 Å². The largest absolute Gasteiger partial charge is 0.350 e. The lowest BCUT2D eigenvalue weighted by Crippen LogP contribution is -2.47. The van der Waals surface area contributed by atoms with Crippen LogP contribution in [0.25, 0.3) is 0 Å². The fraction of sp³-hybridized carbons (Fsp3) is 0.375. The predicted molar refractivity (Wildman–Crippen MR) is 82.0 cm³/mol. The fourth-order valence-electron chi connectivity index (χ4n) is 2.20. The number of amides is 5. The Bertz CT molecular complexity index is 649. The highest BCUT2D eigenvalue weighted by Gasteiger charge is 2.45. The van der Waals surface area contributed by atoms with Crippen LogP contribution in [0.5, 0.6) is 0 Å². The van der Waals surface area contributed by atoms with E-state index in [0.29, 0.717) is 4.90 Å². The number of hydrogen-bond acceptors (Lipinski definition) is 4. The van der Waals surface area contributed by atoms with Gasteiger partial charge in [0.15, 0.2) is 0 Å². The van der Waals surface area contributed by atoms with Crippen LogP contribution in [0.3, 0.4) is 0 Å². The minimum atomic E-state index is -0.977. The van der Waals surface area contributed by atoms with Crippen LogP contribution in [0, 0.1) is 0 Å². The summed E-state index contributed by atoms with van der Waals surface area (Å²) in [6.07, 6.45) is 0. The standard InChI is InChI=1S/C16H19N3O4/c1-16(2,3)17-12(20)10-19-14(22)13(21)18(15(19)23)9-11-7-5-4-6-8-11/h4-8H,9-10H2,1-3H3,(H,17,20). The molecular weight excluding hydrogens is 298 g/mol. The smallest absolute Gasteiger partial charge is 0.335 e. The van der Waals surface area contributed by atoms with Crippen molar-refractivity contribution < 1.29 is 19.2 Å². The average molecular weight is 317 g/mol. The van der Waals surface area contributed by atoms with Gasteiger partial charge in [0.25, 0.3) is 0 Å². The van der Waals surface area contributed by atoms with Gasteiger partial charge >= 0.3 is 17.8 Å². The molecule has 1 heterocycles. The van der Waals surface area contributed by atoms with Gasteiger partial charge in [0.05, 0.1) is 6.54 Å². The number of nitrogens with zero attached hydrogens (tertiary/aromatic N) is 2. The van der Waals surface area contributed by atoms with Crippen molar-refractivity contribution in [2.24, 2.45) is 0 Å². The Morgan fingerprint density at radius 1 is 1.00 bits per heavy atom. The molecule has 1 fully saturated rings. The molecule has 0 spiro atoms. The predicted octanol–water partition coefficient (Wildman–Crippen LogP) is 0.892. The summed E-state index contributed by atoms with van der Waals surface area (Å²) in [6, 6.07) is 8.09. The van der Waals surface area contributed by atoms with E-state index in [0.717, 1.165) is 10.5 Å². The lowest BCUT2D eigenvalue weighted by Gasteiger charge is -2.22. The van der Waals surface area contributed by atoms with Crippen LogP contribution in [-0.2, 0) is 20.9 Å².